The third kappa shape index (κ3) is 5.85. The summed E-state index contributed by atoms with van der Waals surface area (Å²) in [5, 5.41) is 10.0. The van der Waals surface area contributed by atoms with Gasteiger partial charge in [0.05, 0.1) is 12.2 Å². The SMILES string of the molecule is CCCc1ccc(COc2ccc(CC(=O)c3ccc(OCC)c(F)c3O)cc2)cc1. The lowest BCUT2D eigenvalue weighted by Crippen LogP contribution is -2.06. The zero-order chi connectivity index (χ0) is 22.2. The standard InChI is InChI=1S/C26H27FO4/c1-3-5-18-6-8-20(9-7-18)17-31-21-12-10-19(11-13-21)16-23(28)22-14-15-24(30-4-2)25(27)26(22)29/h6-15,29H,3-5,16-17H2,1-2H3. The summed E-state index contributed by atoms with van der Waals surface area (Å²) in [5.74, 6) is -1.35. The number of aryl methyl sites for hydroxylation is 1. The van der Waals surface area contributed by atoms with E-state index in [1.807, 2.05) is 0 Å². The second-order valence-electron chi connectivity index (χ2n) is 7.31. The molecule has 0 radical (unpaired) electrons. The van der Waals surface area contributed by atoms with Gasteiger partial charge in [0, 0.05) is 6.42 Å². The van der Waals surface area contributed by atoms with E-state index in [-0.39, 0.29) is 30.1 Å². The fourth-order valence-electron chi connectivity index (χ4n) is 3.28. The molecule has 0 bridgehead atoms. The first-order chi connectivity index (χ1) is 15.0. The Hall–Kier alpha value is -3.34. The zero-order valence-electron chi connectivity index (χ0n) is 17.9. The molecule has 0 unspecified atom stereocenters. The molecular weight excluding hydrogens is 395 g/mol. The Bertz CT molecular complexity index is 1010. The van der Waals surface area contributed by atoms with E-state index in [2.05, 4.69) is 31.2 Å². The lowest BCUT2D eigenvalue weighted by Gasteiger charge is -2.10. The van der Waals surface area contributed by atoms with Crippen LogP contribution in [0.25, 0.3) is 0 Å². The summed E-state index contributed by atoms with van der Waals surface area (Å²) in [4.78, 5) is 12.5. The Kier molecular flexibility index (Phi) is 7.65. The van der Waals surface area contributed by atoms with Crippen molar-refractivity contribution in [3.63, 3.8) is 0 Å². The van der Waals surface area contributed by atoms with Gasteiger partial charge in [-0.2, -0.15) is 4.39 Å². The molecule has 0 spiro atoms. The van der Waals surface area contributed by atoms with Crippen molar-refractivity contribution in [2.24, 2.45) is 0 Å². The number of benzene rings is 3. The molecule has 0 fully saturated rings. The van der Waals surface area contributed by atoms with Gasteiger partial charge in [-0.25, -0.2) is 0 Å². The van der Waals surface area contributed by atoms with Crippen LogP contribution in [0.3, 0.4) is 0 Å². The molecule has 0 heterocycles. The van der Waals surface area contributed by atoms with Gasteiger partial charge < -0.3 is 14.6 Å². The highest BCUT2D eigenvalue weighted by atomic mass is 19.1. The average molecular weight is 422 g/mol. The minimum atomic E-state index is -0.917. The fourth-order valence-corrected chi connectivity index (χ4v) is 3.28. The van der Waals surface area contributed by atoms with Crippen molar-refractivity contribution in [1.29, 1.82) is 0 Å². The minimum Gasteiger partial charge on any atom is -0.504 e. The number of carbonyl (C=O) groups is 1. The number of Topliss-reactive ketones (excluding diaryl/α,β-unsaturated/α-hetero) is 1. The highest BCUT2D eigenvalue weighted by molar-refractivity contribution is 6.00. The van der Waals surface area contributed by atoms with Crippen LogP contribution >= 0.6 is 0 Å². The Labute approximate surface area is 182 Å². The molecule has 0 aliphatic heterocycles. The van der Waals surface area contributed by atoms with Crippen LogP contribution in [0.4, 0.5) is 4.39 Å². The summed E-state index contributed by atoms with van der Waals surface area (Å²) in [5.41, 5.74) is 3.09. The van der Waals surface area contributed by atoms with Crippen molar-refractivity contribution in [1.82, 2.24) is 0 Å². The smallest absolute Gasteiger partial charge is 0.207 e. The number of hydrogen-bond acceptors (Lipinski definition) is 4. The quantitative estimate of drug-likeness (QED) is 0.414. The van der Waals surface area contributed by atoms with Gasteiger partial charge in [-0.1, -0.05) is 49.7 Å². The van der Waals surface area contributed by atoms with Crippen molar-refractivity contribution < 1.29 is 23.8 Å². The van der Waals surface area contributed by atoms with E-state index >= 15 is 0 Å². The van der Waals surface area contributed by atoms with Crippen molar-refractivity contribution in [3.05, 3.63) is 88.7 Å². The minimum absolute atomic E-state index is 0.0418. The number of phenols is 1. The highest BCUT2D eigenvalue weighted by Crippen LogP contribution is 2.30. The largest absolute Gasteiger partial charge is 0.504 e. The molecule has 5 heteroatoms. The molecular formula is C26H27FO4. The number of halogens is 1. The van der Waals surface area contributed by atoms with Gasteiger partial charge in [-0.05, 0) is 54.3 Å². The number of aromatic hydroxyl groups is 1. The molecule has 0 aliphatic carbocycles. The number of hydrogen-bond donors (Lipinski definition) is 1. The van der Waals surface area contributed by atoms with Crippen molar-refractivity contribution in [2.45, 2.75) is 39.7 Å². The number of phenolic OH excluding ortho intramolecular Hbond substituents is 1. The summed E-state index contributed by atoms with van der Waals surface area (Å²) in [7, 11) is 0. The van der Waals surface area contributed by atoms with Gasteiger partial charge in [0.15, 0.2) is 17.3 Å². The molecule has 162 valence electrons. The van der Waals surface area contributed by atoms with Crippen molar-refractivity contribution in [2.75, 3.05) is 6.61 Å². The van der Waals surface area contributed by atoms with E-state index in [1.54, 1.807) is 31.2 Å². The van der Waals surface area contributed by atoms with E-state index in [4.69, 9.17) is 9.47 Å². The Morgan fingerprint density at radius 3 is 2.16 bits per heavy atom. The second-order valence-corrected chi connectivity index (χ2v) is 7.31. The molecule has 3 aromatic rings. The molecule has 1 N–H and O–H groups in total. The molecule has 0 saturated heterocycles. The van der Waals surface area contributed by atoms with E-state index in [1.165, 1.54) is 17.7 Å². The topological polar surface area (TPSA) is 55.8 Å². The summed E-state index contributed by atoms with van der Waals surface area (Å²) in [6.07, 6.45) is 2.24. The maximum atomic E-state index is 14.1. The van der Waals surface area contributed by atoms with Gasteiger partial charge in [-0.15, -0.1) is 0 Å². The second kappa shape index (κ2) is 10.6. The number of rotatable bonds is 10. The number of ketones is 1. The maximum Gasteiger partial charge on any atom is 0.207 e. The van der Waals surface area contributed by atoms with Gasteiger partial charge in [0.25, 0.3) is 0 Å². The van der Waals surface area contributed by atoms with Crippen LogP contribution in [0.1, 0.15) is 47.3 Å². The van der Waals surface area contributed by atoms with Crippen molar-refractivity contribution >= 4 is 5.78 Å². The lowest BCUT2D eigenvalue weighted by molar-refractivity contribution is 0.0989. The summed E-state index contributed by atoms with van der Waals surface area (Å²) in [6.45, 7) is 4.60. The van der Waals surface area contributed by atoms with E-state index < -0.39 is 11.6 Å². The van der Waals surface area contributed by atoms with Gasteiger partial charge >= 0.3 is 0 Å². The molecule has 31 heavy (non-hydrogen) atoms. The molecule has 4 nitrogen and oxygen atoms in total. The predicted molar refractivity (Wildman–Crippen MR) is 118 cm³/mol. The van der Waals surface area contributed by atoms with Gasteiger partial charge in [-0.3, -0.25) is 4.79 Å². The van der Waals surface area contributed by atoms with Crippen LogP contribution in [-0.4, -0.2) is 17.5 Å². The van der Waals surface area contributed by atoms with Crippen LogP contribution in [0, 0.1) is 5.82 Å². The lowest BCUT2D eigenvalue weighted by atomic mass is 10.0. The van der Waals surface area contributed by atoms with Crippen LogP contribution in [0.2, 0.25) is 0 Å². The number of ether oxygens (including phenoxy) is 2. The zero-order valence-corrected chi connectivity index (χ0v) is 17.9. The molecule has 0 atom stereocenters. The Morgan fingerprint density at radius 2 is 1.52 bits per heavy atom. The Balaban J connectivity index is 1.59. The van der Waals surface area contributed by atoms with Gasteiger partial charge in [0.2, 0.25) is 5.82 Å². The number of carbonyl (C=O) groups excluding carboxylic acids is 1. The first-order valence-electron chi connectivity index (χ1n) is 10.5. The maximum absolute atomic E-state index is 14.1. The monoisotopic (exact) mass is 422 g/mol. The molecule has 0 amide bonds. The first-order valence-corrected chi connectivity index (χ1v) is 10.5. The molecule has 0 saturated carbocycles. The average Bonchev–Trinajstić information content (AvgIpc) is 2.78. The van der Waals surface area contributed by atoms with E-state index in [9.17, 15) is 14.3 Å². The van der Waals surface area contributed by atoms with Crippen LogP contribution in [-0.2, 0) is 19.4 Å². The highest BCUT2D eigenvalue weighted by Gasteiger charge is 2.19. The van der Waals surface area contributed by atoms with Gasteiger partial charge in [0.1, 0.15) is 12.4 Å². The Morgan fingerprint density at radius 1 is 0.871 bits per heavy atom. The van der Waals surface area contributed by atoms with E-state index in [0.717, 1.165) is 24.0 Å². The molecule has 0 aromatic heterocycles. The van der Waals surface area contributed by atoms with E-state index in [0.29, 0.717) is 12.4 Å². The molecule has 3 rings (SSSR count). The fraction of sp³-hybridized carbons (Fsp3) is 0.269. The summed E-state index contributed by atoms with van der Waals surface area (Å²) >= 11 is 0. The third-order valence-corrected chi connectivity index (χ3v) is 4.94. The van der Waals surface area contributed by atoms with Crippen LogP contribution in [0.5, 0.6) is 17.2 Å². The third-order valence-electron chi connectivity index (χ3n) is 4.94. The molecule has 0 aliphatic rings. The van der Waals surface area contributed by atoms with Crippen LogP contribution in [0.15, 0.2) is 60.7 Å². The predicted octanol–water partition coefficient (Wildman–Crippen LogP) is 5.89. The summed E-state index contributed by atoms with van der Waals surface area (Å²) in [6, 6.07) is 18.3. The van der Waals surface area contributed by atoms with Crippen LogP contribution < -0.4 is 9.47 Å². The summed E-state index contributed by atoms with van der Waals surface area (Å²) < 4.78 is 25.1. The van der Waals surface area contributed by atoms with Crippen molar-refractivity contribution in [3.8, 4) is 17.2 Å². The first kappa shape index (κ1) is 22.3. The normalized spacial score (nSPS) is 10.7. The molecule has 3 aromatic carbocycles.